The van der Waals surface area contributed by atoms with E-state index >= 15 is 0 Å². The highest BCUT2D eigenvalue weighted by Crippen LogP contribution is 2.25. The van der Waals surface area contributed by atoms with E-state index in [4.69, 9.17) is 5.73 Å². The minimum Gasteiger partial charge on any atom is -0.480 e. The summed E-state index contributed by atoms with van der Waals surface area (Å²) in [6, 6.07) is -1.19. The lowest BCUT2D eigenvalue weighted by Gasteiger charge is -2.34. The first-order valence-electron chi connectivity index (χ1n) is 6.99. The number of carboxylic acid groups (broad SMARTS) is 1. The third kappa shape index (κ3) is 3.24. The Hall–Kier alpha value is -1.89. The molecule has 0 aromatic carbocycles. The second kappa shape index (κ2) is 5.48. The van der Waals surface area contributed by atoms with Crippen LogP contribution in [-0.4, -0.2) is 43.9 Å². The van der Waals surface area contributed by atoms with E-state index in [0.717, 1.165) is 5.69 Å². The number of fused-ring (bicyclic) bond motifs is 1. The lowest BCUT2D eigenvalue weighted by molar-refractivity contribution is -0.151. The first kappa shape index (κ1) is 15.5. The summed E-state index contributed by atoms with van der Waals surface area (Å²) < 4.78 is 0. The van der Waals surface area contributed by atoms with Crippen molar-refractivity contribution in [1.29, 1.82) is 0 Å². The van der Waals surface area contributed by atoms with Gasteiger partial charge in [-0.25, -0.2) is 9.78 Å². The number of aromatic nitrogens is 2. The van der Waals surface area contributed by atoms with Crippen LogP contribution in [-0.2, 0) is 22.6 Å². The van der Waals surface area contributed by atoms with E-state index in [2.05, 4.69) is 9.97 Å². The van der Waals surface area contributed by atoms with Gasteiger partial charge in [-0.15, -0.1) is 0 Å². The van der Waals surface area contributed by atoms with Crippen LogP contribution in [0.25, 0.3) is 0 Å². The second-order valence-electron chi connectivity index (χ2n) is 6.58. The number of hydrogen-bond acceptors (Lipinski definition) is 4. The lowest BCUT2D eigenvalue weighted by atomic mass is 9.85. The highest BCUT2D eigenvalue weighted by atomic mass is 16.4. The number of rotatable bonds is 3. The van der Waals surface area contributed by atoms with Crippen molar-refractivity contribution in [2.45, 2.75) is 52.2 Å². The average molecular weight is 294 g/mol. The topological polar surface area (TPSA) is 112 Å². The van der Waals surface area contributed by atoms with Crippen molar-refractivity contribution in [1.82, 2.24) is 14.9 Å². The Morgan fingerprint density at radius 2 is 2.24 bits per heavy atom. The Bertz CT molecular complexity index is 547. The van der Waals surface area contributed by atoms with E-state index < -0.39 is 12.0 Å². The number of nitrogens with one attached hydrogen (secondary N) is 1. The molecule has 0 fully saturated rings. The number of imidazole rings is 1. The van der Waals surface area contributed by atoms with Crippen LogP contribution in [0.4, 0.5) is 0 Å². The van der Waals surface area contributed by atoms with Crippen LogP contribution < -0.4 is 5.73 Å². The molecule has 1 aliphatic heterocycles. The van der Waals surface area contributed by atoms with Crippen molar-refractivity contribution < 1.29 is 14.7 Å². The van der Waals surface area contributed by atoms with E-state index in [1.807, 2.05) is 20.8 Å². The lowest BCUT2D eigenvalue weighted by Crippen LogP contribution is -2.51. The van der Waals surface area contributed by atoms with Crippen molar-refractivity contribution >= 4 is 11.9 Å². The molecule has 0 radical (unpaired) electrons. The fourth-order valence-electron chi connectivity index (χ4n) is 2.33. The zero-order valence-electron chi connectivity index (χ0n) is 12.6. The molecule has 2 heterocycles. The predicted molar refractivity (Wildman–Crippen MR) is 76.3 cm³/mol. The molecular formula is C14H22N4O3. The van der Waals surface area contributed by atoms with Gasteiger partial charge in [0, 0.05) is 18.9 Å². The van der Waals surface area contributed by atoms with Crippen molar-refractivity contribution in [3.8, 4) is 0 Å². The van der Waals surface area contributed by atoms with Gasteiger partial charge in [0.1, 0.15) is 6.04 Å². The van der Waals surface area contributed by atoms with Gasteiger partial charge in [-0.05, 0) is 5.41 Å². The second-order valence-corrected chi connectivity index (χ2v) is 6.58. The van der Waals surface area contributed by atoms with E-state index in [-0.39, 0.29) is 36.8 Å². The van der Waals surface area contributed by atoms with E-state index in [1.54, 1.807) is 0 Å². The molecule has 1 aromatic heterocycles. The first-order valence-corrected chi connectivity index (χ1v) is 6.99. The minimum atomic E-state index is -1.01. The number of aromatic amines is 1. The molecule has 1 aliphatic rings. The number of nitrogens with zero attached hydrogens (tertiary/aromatic N) is 2. The molecule has 0 saturated heterocycles. The maximum absolute atomic E-state index is 12.5. The summed E-state index contributed by atoms with van der Waals surface area (Å²) in [6.45, 7) is 6.12. The van der Waals surface area contributed by atoms with Crippen LogP contribution in [0.3, 0.4) is 0 Å². The molecule has 0 saturated carbocycles. The standard InChI is InChI=1S/C14H22N4O3/c1-14(2,3)11(15)5-12(19)18-6-9-8(16-7-17-9)4-10(18)13(20)21/h7,10-11H,4-6,15H2,1-3H3,(H,16,17)(H,20,21). The molecule has 7 heteroatoms. The van der Waals surface area contributed by atoms with Crippen LogP contribution in [0.1, 0.15) is 38.6 Å². The molecule has 2 rings (SSSR count). The number of hydrogen-bond donors (Lipinski definition) is 3. The average Bonchev–Trinajstić information content (AvgIpc) is 2.82. The number of carbonyl (C=O) groups is 2. The number of carboxylic acids is 1. The Morgan fingerprint density at radius 3 is 2.81 bits per heavy atom. The molecule has 2 atom stereocenters. The van der Waals surface area contributed by atoms with E-state index in [0.29, 0.717) is 5.69 Å². The fourth-order valence-corrected chi connectivity index (χ4v) is 2.33. The molecule has 116 valence electrons. The monoisotopic (exact) mass is 294 g/mol. The largest absolute Gasteiger partial charge is 0.480 e. The van der Waals surface area contributed by atoms with Gasteiger partial charge in [0.05, 0.1) is 24.3 Å². The van der Waals surface area contributed by atoms with Crippen molar-refractivity contribution in [3.05, 3.63) is 17.7 Å². The van der Waals surface area contributed by atoms with Gasteiger partial charge in [-0.2, -0.15) is 0 Å². The molecule has 2 unspecified atom stereocenters. The summed E-state index contributed by atoms with van der Waals surface area (Å²) in [6.07, 6.45) is 1.89. The van der Waals surface area contributed by atoms with Crippen LogP contribution in [0, 0.1) is 5.41 Å². The molecular weight excluding hydrogens is 272 g/mol. The van der Waals surface area contributed by atoms with Gasteiger partial charge >= 0.3 is 5.97 Å². The van der Waals surface area contributed by atoms with Gasteiger partial charge in [0.25, 0.3) is 0 Å². The zero-order chi connectivity index (χ0) is 15.8. The normalized spacial score (nSPS) is 20.0. The van der Waals surface area contributed by atoms with Gasteiger partial charge < -0.3 is 20.7 Å². The Kier molecular flexibility index (Phi) is 4.04. The molecule has 0 spiro atoms. The van der Waals surface area contributed by atoms with Crippen molar-refractivity contribution in [3.63, 3.8) is 0 Å². The summed E-state index contributed by atoms with van der Waals surface area (Å²) in [5, 5.41) is 9.35. The minimum absolute atomic E-state index is 0.136. The van der Waals surface area contributed by atoms with Gasteiger partial charge in [-0.3, -0.25) is 4.79 Å². The number of amides is 1. The Labute approximate surface area is 123 Å². The third-order valence-electron chi connectivity index (χ3n) is 4.01. The first-order chi connectivity index (χ1) is 9.70. The molecule has 0 bridgehead atoms. The van der Waals surface area contributed by atoms with Gasteiger partial charge in [-0.1, -0.05) is 20.8 Å². The summed E-state index contributed by atoms with van der Waals surface area (Å²) in [5.74, 6) is -1.24. The molecule has 7 nitrogen and oxygen atoms in total. The number of aliphatic carboxylic acids is 1. The number of H-pyrrole nitrogens is 1. The molecule has 1 amide bonds. The summed E-state index contributed by atoms with van der Waals surface area (Å²) in [4.78, 5) is 32.3. The Morgan fingerprint density at radius 1 is 1.57 bits per heavy atom. The number of carbonyl (C=O) groups excluding carboxylic acids is 1. The molecule has 21 heavy (non-hydrogen) atoms. The van der Waals surface area contributed by atoms with Crippen LogP contribution in [0.5, 0.6) is 0 Å². The maximum Gasteiger partial charge on any atom is 0.326 e. The maximum atomic E-state index is 12.5. The molecule has 0 aliphatic carbocycles. The molecule has 4 N–H and O–H groups in total. The quantitative estimate of drug-likeness (QED) is 0.752. The van der Waals surface area contributed by atoms with E-state index in [1.165, 1.54) is 11.2 Å². The highest BCUT2D eigenvalue weighted by Gasteiger charge is 2.37. The summed E-state index contributed by atoms with van der Waals surface area (Å²) >= 11 is 0. The number of nitrogens with two attached hydrogens (primary N) is 1. The SMILES string of the molecule is CC(C)(C)C(N)CC(=O)N1Cc2[nH]cnc2CC1C(=O)O. The fraction of sp³-hybridized carbons (Fsp3) is 0.643. The van der Waals surface area contributed by atoms with Crippen LogP contribution in [0.15, 0.2) is 6.33 Å². The van der Waals surface area contributed by atoms with Crippen LogP contribution in [0.2, 0.25) is 0 Å². The summed E-state index contributed by atoms with van der Waals surface area (Å²) in [5.41, 5.74) is 7.35. The third-order valence-corrected chi connectivity index (χ3v) is 4.01. The predicted octanol–water partition coefficient (Wildman–Crippen LogP) is 0.511. The van der Waals surface area contributed by atoms with E-state index in [9.17, 15) is 14.7 Å². The van der Waals surface area contributed by atoms with Gasteiger partial charge in [0.2, 0.25) is 5.91 Å². The van der Waals surface area contributed by atoms with Crippen molar-refractivity contribution in [2.75, 3.05) is 0 Å². The Balaban J connectivity index is 2.17. The summed E-state index contributed by atoms with van der Waals surface area (Å²) in [7, 11) is 0. The molecule has 1 aromatic rings. The smallest absolute Gasteiger partial charge is 0.326 e. The zero-order valence-corrected chi connectivity index (χ0v) is 12.6. The highest BCUT2D eigenvalue weighted by molar-refractivity contribution is 5.84. The van der Waals surface area contributed by atoms with Crippen LogP contribution >= 0.6 is 0 Å². The van der Waals surface area contributed by atoms with Gasteiger partial charge in [0.15, 0.2) is 0 Å². The van der Waals surface area contributed by atoms with Crippen molar-refractivity contribution in [2.24, 2.45) is 11.1 Å².